The Morgan fingerprint density at radius 1 is 1.47 bits per heavy atom. The first-order valence-electron chi connectivity index (χ1n) is 5.95. The minimum atomic E-state index is -0.963. The van der Waals surface area contributed by atoms with E-state index in [-0.39, 0.29) is 12.2 Å². The molecule has 0 unspecified atom stereocenters. The molecule has 0 heterocycles. The molecular weight excluding hydrogens is 267 g/mol. The molecule has 1 rings (SSSR count). The second kappa shape index (κ2) is 7.35. The molecule has 6 heteroatoms. The Kier molecular flexibility index (Phi) is 6.11. The Morgan fingerprint density at radius 2 is 2.16 bits per heavy atom. The van der Waals surface area contributed by atoms with Gasteiger partial charge in [0, 0.05) is 6.54 Å². The number of carbonyl (C=O) groups is 1. The first kappa shape index (κ1) is 15.8. The Hall–Kier alpha value is -1.27. The summed E-state index contributed by atoms with van der Waals surface area (Å²) in [6.45, 7) is 1.78. The van der Waals surface area contributed by atoms with Gasteiger partial charge in [0.15, 0.2) is 0 Å². The van der Waals surface area contributed by atoms with Gasteiger partial charge < -0.3 is 15.7 Å². The maximum atomic E-state index is 13.3. The van der Waals surface area contributed by atoms with E-state index in [1.807, 2.05) is 6.26 Å². The van der Waals surface area contributed by atoms with Crippen LogP contribution in [0.1, 0.15) is 13.3 Å². The number of carbonyl (C=O) groups excluding carboxylic acids is 1. The summed E-state index contributed by atoms with van der Waals surface area (Å²) in [5.74, 6) is 0.315. The lowest BCUT2D eigenvalue weighted by Gasteiger charge is -2.23. The highest BCUT2D eigenvalue weighted by atomic mass is 32.2. The molecule has 0 fully saturated rings. The molecular formula is C13H19FN2O2S. The average Bonchev–Trinajstić information content (AvgIpc) is 2.37. The second-order valence-corrected chi connectivity index (χ2v) is 5.51. The smallest absolute Gasteiger partial charge is 0.319 e. The molecule has 0 aliphatic heterocycles. The van der Waals surface area contributed by atoms with E-state index in [1.165, 1.54) is 12.1 Å². The van der Waals surface area contributed by atoms with Crippen molar-refractivity contribution in [3.8, 4) is 0 Å². The van der Waals surface area contributed by atoms with E-state index in [4.69, 9.17) is 0 Å². The molecule has 0 bridgehead atoms. The van der Waals surface area contributed by atoms with Gasteiger partial charge in [-0.25, -0.2) is 9.18 Å². The molecule has 0 radical (unpaired) electrons. The summed E-state index contributed by atoms with van der Waals surface area (Å²) in [5.41, 5.74) is -0.848. The third-order valence-electron chi connectivity index (χ3n) is 2.60. The number of anilines is 1. The first-order valence-corrected chi connectivity index (χ1v) is 7.35. The van der Waals surface area contributed by atoms with Crippen LogP contribution in [0.25, 0.3) is 0 Å². The number of rotatable bonds is 6. The van der Waals surface area contributed by atoms with Crippen LogP contribution in [-0.2, 0) is 0 Å². The molecule has 0 aliphatic carbocycles. The molecule has 1 aromatic rings. The lowest BCUT2D eigenvalue weighted by Crippen LogP contribution is -2.42. The molecule has 0 saturated heterocycles. The van der Waals surface area contributed by atoms with Crippen LogP contribution >= 0.6 is 11.8 Å². The fraction of sp³-hybridized carbons (Fsp3) is 0.462. The molecule has 4 nitrogen and oxygen atoms in total. The summed E-state index contributed by atoms with van der Waals surface area (Å²) in [5, 5.41) is 14.9. The van der Waals surface area contributed by atoms with E-state index < -0.39 is 17.4 Å². The number of nitrogens with one attached hydrogen (secondary N) is 2. The Morgan fingerprint density at radius 3 is 2.79 bits per heavy atom. The highest BCUT2D eigenvalue weighted by Crippen LogP contribution is 2.13. The van der Waals surface area contributed by atoms with Gasteiger partial charge in [0.1, 0.15) is 5.82 Å². The molecule has 0 aliphatic rings. The van der Waals surface area contributed by atoms with Crippen molar-refractivity contribution in [2.45, 2.75) is 18.9 Å². The van der Waals surface area contributed by atoms with Crippen molar-refractivity contribution in [1.82, 2.24) is 5.32 Å². The summed E-state index contributed by atoms with van der Waals surface area (Å²) in [4.78, 5) is 11.6. The molecule has 106 valence electrons. The van der Waals surface area contributed by atoms with Crippen molar-refractivity contribution in [2.24, 2.45) is 0 Å². The van der Waals surface area contributed by atoms with Crippen molar-refractivity contribution in [3.63, 3.8) is 0 Å². The van der Waals surface area contributed by atoms with Crippen LogP contribution in [0.2, 0.25) is 0 Å². The van der Waals surface area contributed by atoms with Crippen LogP contribution in [0.3, 0.4) is 0 Å². The van der Waals surface area contributed by atoms with Gasteiger partial charge >= 0.3 is 6.03 Å². The minimum absolute atomic E-state index is 0.115. The highest BCUT2D eigenvalue weighted by molar-refractivity contribution is 7.98. The summed E-state index contributed by atoms with van der Waals surface area (Å²) < 4.78 is 13.3. The molecule has 0 aromatic heterocycles. The Bertz CT molecular complexity index is 427. The van der Waals surface area contributed by atoms with Gasteiger partial charge in [0.25, 0.3) is 0 Å². The van der Waals surface area contributed by atoms with E-state index >= 15 is 0 Å². The standard InChI is InChI=1S/C13H19FN2O2S/c1-13(18,7-8-19-2)9-15-12(17)16-11-6-4-3-5-10(11)14/h3-6,18H,7-9H2,1-2H3,(H2,15,16,17)/t13-/m0/s1. The van der Waals surface area contributed by atoms with Gasteiger partial charge in [-0.05, 0) is 37.5 Å². The number of aliphatic hydroxyl groups is 1. The second-order valence-electron chi connectivity index (χ2n) is 4.53. The van der Waals surface area contributed by atoms with E-state index in [0.717, 1.165) is 5.75 Å². The van der Waals surface area contributed by atoms with Crippen molar-refractivity contribution in [1.29, 1.82) is 0 Å². The topological polar surface area (TPSA) is 61.4 Å². The van der Waals surface area contributed by atoms with Gasteiger partial charge in [-0.2, -0.15) is 11.8 Å². The number of benzene rings is 1. The van der Waals surface area contributed by atoms with E-state index in [1.54, 1.807) is 30.8 Å². The Labute approximate surface area is 116 Å². The summed E-state index contributed by atoms with van der Waals surface area (Å²) in [6.07, 6.45) is 2.53. The number of hydrogen-bond donors (Lipinski definition) is 3. The Balaban J connectivity index is 2.42. The van der Waals surface area contributed by atoms with Crippen LogP contribution in [0, 0.1) is 5.82 Å². The average molecular weight is 286 g/mol. The zero-order valence-electron chi connectivity index (χ0n) is 11.1. The quantitative estimate of drug-likeness (QED) is 0.753. The van der Waals surface area contributed by atoms with Gasteiger partial charge in [0.05, 0.1) is 11.3 Å². The van der Waals surface area contributed by atoms with E-state index in [2.05, 4.69) is 10.6 Å². The number of halogens is 1. The van der Waals surface area contributed by atoms with E-state index in [0.29, 0.717) is 6.42 Å². The predicted molar refractivity (Wildman–Crippen MR) is 77.0 cm³/mol. The van der Waals surface area contributed by atoms with Crippen LogP contribution in [0.15, 0.2) is 24.3 Å². The van der Waals surface area contributed by atoms with Crippen molar-refractivity contribution in [3.05, 3.63) is 30.1 Å². The number of thioether (sulfide) groups is 1. The van der Waals surface area contributed by atoms with Crippen molar-refractivity contribution < 1.29 is 14.3 Å². The number of amides is 2. The van der Waals surface area contributed by atoms with E-state index in [9.17, 15) is 14.3 Å². The SMILES string of the molecule is CSCC[C@](C)(O)CNC(=O)Nc1ccccc1F. The molecule has 19 heavy (non-hydrogen) atoms. The number of urea groups is 1. The summed E-state index contributed by atoms with van der Waals surface area (Å²) >= 11 is 1.63. The van der Waals surface area contributed by atoms with Gasteiger partial charge in [-0.3, -0.25) is 0 Å². The maximum absolute atomic E-state index is 13.3. The normalized spacial score (nSPS) is 13.7. The minimum Gasteiger partial charge on any atom is -0.388 e. The summed E-state index contributed by atoms with van der Waals surface area (Å²) in [6, 6.07) is 5.39. The molecule has 0 spiro atoms. The summed E-state index contributed by atoms with van der Waals surface area (Å²) in [7, 11) is 0. The fourth-order valence-corrected chi connectivity index (χ4v) is 2.05. The number of hydrogen-bond acceptors (Lipinski definition) is 3. The predicted octanol–water partition coefficient (Wildman–Crippen LogP) is 2.45. The van der Waals surface area contributed by atoms with Gasteiger partial charge in [0.2, 0.25) is 0 Å². The van der Waals surface area contributed by atoms with Crippen molar-refractivity contribution >= 4 is 23.5 Å². The highest BCUT2D eigenvalue weighted by Gasteiger charge is 2.20. The fourth-order valence-electron chi connectivity index (χ4n) is 1.41. The largest absolute Gasteiger partial charge is 0.388 e. The van der Waals surface area contributed by atoms with Crippen LogP contribution in [0.5, 0.6) is 0 Å². The monoisotopic (exact) mass is 286 g/mol. The van der Waals surface area contributed by atoms with Gasteiger partial charge in [-0.15, -0.1) is 0 Å². The van der Waals surface area contributed by atoms with Crippen molar-refractivity contribution in [2.75, 3.05) is 23.9 Å². The zero-order valence-corrected chi connectivity index (χ0v) is 11.9. The van der Waals surface area contributed by atoms with Gasteiger partial charge in [-0.1, -0.05) is 12.1 Å². The molecule has 0 saturated carbocycles. The molecule has 1 aromatic carbocycles. The number of para-hydroxylation sites is 1. The molecule has 1 atom stereocenters. The lowest BCUT2D eigenvalue weighted by molar-refractivity contribution is 0.0599. The molecule has 3 N–H and O–H groups in total. The van der Waals surface area contributed by atoms with Crippen LogP contribution < -0.4 is 10.6 Å². The third kappa shape index (κ3) is 5.94. The molecule has 2 amide bonds. The maximum Gasteiger partial charge on any atom is 0.319 e. The lowest BCUT2D eigenvalue weighted by atomic mass is 10.0. The third-order valence-corrected chi connectivity index (χ3v) is 3.21. The first-order chi connectivity index (χ1) is 8.94. The van der Waals surface area contributed by atoms with Crippen LogP contribution in [0.4, 0.5) is 14.9 Å². The van der Waals surface area contributed by atoms with Crippen LogP contribution in [-0.4, -0.2) is 35.3 Å². The zero-order chi connectivity index (χ0) is 14.3.